The molecule has 144 valence electrons. The van der Waals surface area contributed by atoms with Gasteiger partial charge in [-0.3, -0.25) is 15.1 Å². The van der Waals surface area contributed by atoms with Crippen LogP contribution in [0.5, 0.6) is 0 Å². The topological polar surface area (TPSA) is 77.3 Å². The Hall–Kier alpha value is -2.77. The molecule has 0 unspecified atom stereocenters. The molecule has 0 spiro atoms. The number of nitrogens with one attached hydrogen (secondary N) is 1. The maximum atomic E-state index is 12.6. The van der Waals surface area contributed by atoms with E-state index < -0.39 is 0 Å². The van der Waals surface area contributed by atoms with Crippen LogP contribution in [0.4, 0.5) is 5.13 Å². The van der Waals surface area contributed by atoms with Gasteiger partial charge in [0.05, 0.1) is 16.7 Å². The second-order valence-electron chi connectivity index (χ2n) is 6.73. The lowest BCUT2D eigenvalue weighted by Crippen LogP contribution is -2.16. The van der Waals surface area contributed by atoms with Gasteiger partial charge in [0, 0.05) is 25.1 Å². The molecular weight excluding hydrogens is 374 g/mol. The minimum absolute atomic E-state index is 0.240. The molecule has 4 rings (SSSR count). The van der Waals surface area contributed by atoms with Crippen LogP contribution in [0.2, 0.25) is 0 Å². The van der Waals surface area contributed by atoms with Crippen LogP contribution in [-0.2, 0) is 4.74 Å². The van der Waals surface area contributed by atoms with Gasteiger partial charge in [-0.15, -0.1) is 0 Å². The first kappa shape index (κ1) is 18.6. The van der Waals surface area contributed by atoms with Crippen LogP contribution < -0.4 is 5.32 Å². The van der Waals surface area contributed by atoms with Crippen molar-refractivity contribution in [1.82, 2.24) is 9.97 Å². The molecular formula is C21H21N3O3S. The maximum Gasteiger partial charge on any atom is 0.259 e. The van der Waals surface area contributed by atoms with Crippen molar-refractivity contribution in [2.75, 3.05) is 18.5 Å². The third kappa shape index (κ3) is 3.90. The highest BCUT2D eigenvalue weighted by atomic mass is 32.1. The molecule has 0 radical (unpaired) electrons. The highest BCUT2D eigenvalue weighted by molar-refractivity contribution is 7.17. The number of allylic oxidation sites excluding steroid dienone is 1. The number of anilines is 1. The van der Waals surface area contributed by atoms with Gasteiger partial charge in [0.2, 0.25) is 0 Å². The van der Waals surface area contributed by atoms with Crippen LogP contribution in [0.25, 0.3) is 17.0 Å². The number of carbonyl (C=O) groups is 1. The normalized spacial score (nSPS) is 14.8. The molecule has 0 aliphatic carbocycles. The van der Waals surface area contributed by atoms with Gasteiger partial charge < -0.3 is 9.15 Å². The van der Waals surface area contributed by atoms with Gasteiger partial charge in [0.15, 0.2) is 10.9 Å². The van der Waals surface area contributed by atoms with E-state index >= 15 is 0 Å². The third-order valence-corrected chi connectivity index (χ3v) is 5.83. The van der Waals surface area contributed by atoms with Gasteiger partial charge in [0.1, 0.15) is 5.69 Å². The SMILES string of the molecule is C=C(c1sc(NC(=O)c2ccc(C)nc2)nc1-c1ccco1)C1CCOCC1. The van der Waals surface area contributed by atoms with E-state index in [1.807, 2.05) is 25.1 Å². The number of rotatable bonds is 5. The Labute approximate surface area is 167 Å². The fourth-order valence-electron chi connectivity index (χ4n) is 3.17. The summed E-state index contributed by atoms with van der Waals surface area (Å²) in [5, 5.41) is 3.39. The fourth-order valence-corrected chi connectivity index (χ4v) is 4.19. The molecule has 1 aliphatic rings. The predicted octanol–water partition coefficient (Wildman–Crippen LogP) is 4.80. The van der Waals surface area contributed by atoms with E-state index in [0.717, 1.165) is 42.2 Å². The van der Waals surface area contributed by atoms with Crippen molar-refractivity contribution < 1.29 is 13.9 Å². The van der Waals surface area contributed by atoms with Crippen molar-refractivity contribution in [3.63, 3.8) is 0 Å². The van der Waals surface area contributed by atoms with Gasteiger partial charge in [-0.2, -0.15) is 0 Å². The molecule has 1 saturated heterocycles. The summed E-state index contributed by atoms with van der Waals surface area (Å²) in [5.41, 5.74) is 3.08. The lowest BCUT2D eigenvalue weighted by molar-refractivity contribution is 0.0809. The Morgan fingerprint density at radius 3 is 2.79 bits per heavy atom. The van der Waals surface area contributed by atoms with Crippen molar-refractivity contribution in [3.8, 4) is 11.5 Å². The summed E-state index contributed by atoms with van der Waals surface area (Å²) in [6, 6.07) is 7.25. The smallest absolute Gasteiger partial charge is 0.259 e. The molecule has 0 saturated carbocycles. The largest absolute Gasteiger partial charge is 0.463 e. The number of hydrogen-bond donors (Lipinski definition) is 1. The molecule has 1 aliphatic heterocycles. The van der Waals surface area contributed by atoms with E-state index in [2.05, 4.69) is 21.9 Å². The quantitative estimate of drug-likeness (QED) is 0.671. The summed E-state index contributed by atoms with van der Waals surface area (Å²) in [5.74, 6) is 0.764. The summed E-state index contributed by atoms with van der Waals surface area (Å²) < 4.78 is 11.0. The zero-order chi connectivity index (χ0) is 19.5. The number of furan rings is 1. The molecule has 6 nitrogen and oxygen atoms in total. The van der Waals surface area contributed by atoms with Crippen LogP contribution in [0.3, 0.4) is 0 Å². The van der Waals surface area contributed by atoms with Gasteiger partial charge in [-0.1, -0.05) is 17.9 Å². The first-order valence-corrected chi connectivity index (χ1v) is 9.99. The molecule has 7 heteroatoms. The molecule has 0 aromatic carbocycles. The third-order valence-electron chi connectivity index (χ3n) is 4.78. The van der Waals surface area contributed by atoms with Gasteiger partial charge in [0.25, 0.3) is 5.91 Å². The Morgan fingerprint density at radius 1 is 1.29 bits per heavy atom. The fraction of sp³-hybridized carbons (Fsp3) is 0.286. The van der Waals surface area contributed by atoms with E-state index in [9.17, 15) is 4.79 Å². The number of pyridine rings is 1. The number of thiazole rings is 1. The molecule has 1 fully saturated rings. The Bertz CT molecular complexity index is 971. The number of nitrogens with zero attached hydrogens (tertiary/aromatic N) is 2. The predicted molar refractivity (Wildman–Crippen MR) is 109 cm³/mol. The first-order valence-electron chi connectivity index (χ1n) is 9.17. The second-order valence-corrected chi connectivity index (χ2v) is 7.73. The summed E-state index contributed by atoms with van der Waals surface area (Å²) >= 11 is 1.42. The number of ether oxygens (including phenoxy) is 1. The average molecular weight is 395 g/mol. The molecule has 3 aromatic heterocycles. The van der Waals surface area contributed by atoms with Crippen molar-refractivity contribution in [2.24, 2.45) is 5.92 Å². The van der Waals surface area contributed by atoms with Crippen molar-refractivity contribution in [1.29, 1.82) is 0 Å². The zero-order valence-corrected chi connectivity index (χ0v) is 16.4. The van der Waals surface area contributed by atoms with Crippen molar-refractivity contribution >= 4 is 27.9 Å². The Morgan fingerprint density at radius 2 is 2.11 bits per heavy atom. The van der Waals surface area contributed by atoms with Gasteiger partial charge in [-0.25, -0.2) is 4.98 Å². The molecule has 1 amide bonds. The van der Waals surface area contributed by atoms with E-state index in [0.29, 0.717) is 28.1 Å². The van der Waals surface area contributed by atoms with E-state index in [4.69, 9.17) is 9.15 Å². The monoisotopic (exact) mass is 395 g/mol. The average Bonchev–Trinajstić information content (AvgIpc) is 3.38. The minimum atomic E-state index is -0.240. The van der Waals surface area contributed by atoms with E-state index in [-0.39, 0.29) is 5.91 Å². The zero-order valence-electron chi connectivity index (χ0n) is 15.6. The van der Waals surface area contributed by atoms with Crippen molar-refractivity contribution in [2.45, 2.75) is 19.8 Å². The molecule has 28 heavy (non-hydrogen) atoms. The van der Waals surface area contributed by atoms with Crippen LogP contribution in [0, 0.1) is 12.8 Å². The van der Waals surface area contributed by atoms with Gasteiger partial charge in [-0.05, 0) is 55.5 Å². The summed E-state index contributed by atoms with van der Waals surface area (Å²) in [7, 11) is 0. The standard InChI is InChI=1S/C21H21N3O3S/c1-13-5-6-16(12-22-13)20(25)24-21-23-18(17-4-3-9-27-17)19(28-21)14(2)15-7-10-26-11-8-15/h3-6,9,12,15H,2,7-8,10-11H2,1H3,(H,23,24,25). The van der Waals surface area contributed by atoms with Crippen LogP contribution in [0.1, 0.15) is 33.8 Å². The van der Waals surface area contributed by atoms with Crippen LogP contribution in [-0.4, -0.2) is 29.1 Å². The lowest BCUT2D eigenvalue weighted by Gasteiger charge is -2.23. The van der Waals surface area contributed by atoms with E-state index in [1.54, 1.807) is 18.5 Å². The number of amides is 1. The molecule has 4 heterocycles. The highest BCUT2D eigenvalue weighted by Gasteiger charge is 2.25. The highest BCUT2D eigenvalue weighted by Crippen LogP contribution is 2.41. The number of aromatic nitrogens is 2. The van der Waals surface area contributed by atoms with E-state index in [1.165, 1.54) is 11.3 Å². The maximum absolute atomic E-state index is 12.6. The van der Waals surface area contributed by atoms with Crippen molar-refractivity contribution in [3.05, 3.63) is 59.4 Å². The Balaban J connectivity index is 1.62. The van der Waals surface area contributed by atoms with Gasteiger partial charge >= 0.3 is 0 Å². The molecule has 0 bridgehead atoms. The second kappa shape index (κ2) is 8.08. The minimum Gasteiger partial charge on any atom is -0.463 e. The molecule has 3 aromatic rings. The summed E-state index contributed by atoms with van der Waals surface area (Å²) in [6.07, 6.45) is 5.05. The number of carbonyl (C=O) groups excluding carboxylic acids is 1. The number of aryl methyl sites for hydroxylation is 1. The number of hydrogen-bond acceptors (Lipinski definition) is 6. The van der Waals surface area contributed by atoms with Crippen LogP contribution in [0.15, 0.2) is 47.7 Å². The van der Waals surface area contributed by atoms with Crippen LogP contribution >= 0.6 is 11.3 Å². The Kier molecular flexibility index (Phi) is 5.36. The molecule has 1 N–H and O–H groups in total. The first-order chi connectivity index (χ1) is 13.6. The molecule has 0 atom stereocenters. The summed E-state index contributed by atoms with van der Waals surface area (Å²) in [4.78, 5) is 22.3. The lowest BCUT2D eigenvalue weighted by atomic mass is 9.91. The summed E-state index contributed by atoms with van der Waals surface area (Å²) in [6.45, 7) is 7.69.